The molecule has 0 aliphatic rings. The van der Waals surface area contributed by atoms with Gasteiger partial charge in [-0.15, -0.1) is 0 Å². The molecule has 0 saturated carbocycles. The largest absolute Gasteiger partial charge is 0.284 e. The first-order chi connectivity index (χ1) is 9.16. The zero-order valence-electron chi connectivity index (χ0n) is 10.2. The zero-order chi connectivity index (χ0) is 13.4. The van der Waals surface area contributed by atoms with E-state index in [1.165, 1.54) is 6.33 Å². The van der Waals surface area contributed by atoms with Crippen molar-refractivity contribution in [1.82, 2.24) is 14.5 Å². The summed E-state index contributed by atoms with van der Waals surface area (Å²) in [5.41, 5.74) is 2.19. The number of hydrogen-bond acceptors (Lipinski definition) is 3. The molecule has 5 heteroatoms. The summed E-state index contributed by atoms with van der Waals surface area (Å²) in [6, 6.07) is 9.02. The Hall–Kier alpha value is -2.20. The Labute approximate surface area is 114 Å². The number of nitrogens with zero attached hydrogens (tertiary/aromatic N) is 3. The molecule has 0 N–H and O–H groups in total. The summed E-state index contributed by atoms with van der Waals surface area (Å²) in [7, 11) is 0. The van der Waals surface area contributed by atoms with E-state index in [0.29, 0.717) is 16.1 Å². The lowest BCUT2D eigenvalue weighted by Gasteiger charge is -2.11. The number of aryl methyl sites for hydroxylation is 1. The van der Waals surface area contributed by atoms with Crippen LogP contribution in [0, 0.1) is 6.92 Å². The van der Waals surface area contributed by atoms with Crippen molar-refractivity contribution in [2.75, 3.05) is 0 Å². The number of fused-ring (bicyclic) bond motifs is 1. The van der Waals surface area contributed by atoms with Crippen LogP contribution in [0.3, 0.4) is 0 Å². The third-order valence-electron chi connectivity index (χ3n) is 2.97. The van der Waals surface area contributed by atoms with Crippen LogP contribution in [0.1, 0.15) is 5.56 Å². The summed E-state index contributed by atoms with van der Waals surface area (Å²) in [5.74, 6) is 0. The van der Waals surface area contributed by atoms with Crippen molar-refractivity contribution in [2.45, 2.75) is 6.92 Å². The summed E-state index contributed by atoms with van der Waals surface area (Å²) >= 11 is 6.03. The highest BCUT2D eigenvalue weighted by molar-refractivity contribution is 6.30. The standard InChI is InChI=1S/C14H10ClN3O/c1-9-4-5-10(15)7-12(9)18-8-17-14(19)11-3-2-6-16-13(11)18/h2-8H,1H3. The Bertz CT molecular complexity index is 826. The number of halogens is 1. The first-order valence-corrected chi connectivity index (χ1v) is 6.13. The van der Waals surface area contributed by atoms with Gasteiger partial charge in [0.2, 0.25) is 0 Å². The molecule has 0 aliphatic heterocycles. The minimum Gasteiger partial charge on any atom is -0.284 e. The van der Waals surface area contributed by atoms with Crippen LogP contribution >= 0.6 is 11.6 Å². The summed E-state index contributed by atoms with van der Waals surface area (Å²) in [6.07, 6.45) is 3.13. The van der Waals surface area contributed by atoms with Gasteiger partial charge in [-0.3, -0.25) is 9.36 Å². The van der Waals surface area contributed by atoms with Crippen molar-refractivity contribution < 1.29 is 0 Å². The van der Waals surface area contributed by atoms with Gasteiger partial charge in [-0.2, -0.15) is 4.98 Å². The molecule has 0 amide bonds. The molecule has 0 saturated heterocycles. The second-order valence-electron chi connectivity index (χ2n) is 4.23. The molecule has 2 aromatic heterocycles. The van der Waals surface area contributed by atoms with Crippen molar-refractivity contribution in [3.05, 3.63) is 63.8 Å². The maximum absolute atomic E-state index is 11.7. The summed E-state index contributed by atoms with van der Waals surface area (Å²) in [5, 5.41) is 1.12. The molecule has 0 bridgehead atoms. The van der Waals surface area contributed by atoms with Gasteiger partial charge in [0.25, 0.3) is 5.56 Å². The van der Waals surface area contributed by atoms with E-state index in [-0.39, 0.29) is 5.56 Å². The Morgan fingerprint density at radius 2 is 2.05 bits per heavy atom. The number of hydrogen-bond donors (Lipinski definition) is 0. The molecule has 0 fully saturated rings. The smallest absolute Gasteiger partial charge is 0.282 e. The second kappa shape index (κ2) is 4.48. The molecule has 0 unspecified atom stereocenters. The highest BCUT2D eigenvalue weighted by atomic mass is 35.5. The number of aromatic nitrogens is 3. The maximum Gasteiger partial charge on any atom is 0.282 e. The maximum atomic E-state index is 11.7. The van der Waals surface area contributed by atoms with Crippen LogP contribution in [0.5, 0.6) is 0 Å². The quantitative estimate of drug-likeness (QED) is 0.684. The lowest BCUT2D eigenvalue weighted by molar-refractivity contribution is 0.982. The van der Waals surface area contributed by atoms with Gasteiger partial charge in [-0.1, -0.05) is 17.7 Å². The van der Waals surface area contributed by atoms with E-state index in [0.717, 1.165) is 11.3 Å². The van der Waals surface area contributed by atoms with Crippen LogP contribution < -0.4 is 5.56 Å². The van der Waals surface area contributed by atoms with E-state index < -0.39 is 0 Å². The molecule has 94 valence electrons. The van der Waals surface area contributed by atoms with Gasteiger partial charge in [0, 0.05) is 11.2 Å². The monoisotopic (exact) mass is 271 g/mol. The Morgan fingerprint density at radius 3 is 2.89 bits per heavy atom. The summed E-state index contributed by atoms with van der Waals surface area (Å²) in [6.45, 7) is 1.97. The van der Waals surface area contributed by atoms with E-state index in [1.54, 1.807) is 22.9 Å². The molecule has 4 nitrogen and oxygen atoms in total. The lowest BCUT2D eigenvalue weighted by atomic mass is 10.2. The van der Waals surface area contributed by atoms with Crippen molar-refractivity contribution in [3.8, 4) is 5.69 Å². The molecule has 0 aliphatic carbocycles. The second-order valence-corrected chi connectivity index (χ2v) is 4.66. The fourth-order valence-electron chi connectivity index (χ4n) is 2.01. The normalized spacial score (nSPS) is 10.8. The molecule has 1 aromatic carbocycles. The van der Waals surface area contributed by atoms with Crippen molar-refractivity contribution >= 4 is 22.6 Å². The third-order valence-corrected chi connectivity index (χ3v) is 3.20. The fraction of sp³-hybridized carbons (Fsp3) is 0.0714. The molecule has 0 atom stereocenters. The Kier molecular flexibility index (Phi) is 2.80. The van der Waals surface area contributed by atoms with Gasteiger partial charge in [0.15, 0.2) is 5.65 Å². The van der Waals surface area contributed by atoms with Gasteiger partial charge in [0.05, 0.1) is 11.1 Å². The molecular formula is C14H10ClN3O. The van der Waals surface area contributed by atoms with E-state index in [2.05, 4.69) is 9.97 Å². The minimum absolute atomic E-state index is 0.279. The number of benzene rings is 1. The molecule has 0 spiro atoms. The van der Waals surface area contributed by atoms with Gasteiger partial charge in [0.1, 0.15) is 6.33 Å². The summed E-state index contributed by atoms with van der Waals surface area (Å²) in [4.78, 5) is 19.9. The SMILES string of the molecule is Cc1ccc(Cl)cc1-n1cnc(=O)c2cccnc21. The van der Waals surface area contributed by atoms with Gasteiger partial charge < -0.3 is 0 Å². The lowest BCUT2D eigenvalue weighted by Crippen LogP contribution is -2.13. The van der Waals surface area contributed by atoms with Crippen LogP contribution in [-0.4, -0.2) is 14.5 Å². The Balaban J connectivity index is 2.41. The van der Waals surface area contributed by atoms with Gasteiger partial charge in [-0.25, -0.2) is 4.98 Å². The minimum atomic E-state index is -0.279. The van der Waals surface area contributed by atoms with Gasteiger partial charge in [-0.05, 0) is 36.8 Å². The van der Waals surface area contributed by atoms with Crippen molar-refractivity contribution in [1.29, 1.82) is 0 Å². The van der Waals surface area contributed by atoms with Crippen LogP contribution in [0.25, 0.3) is 16.7 Å². The van der Waals surface area contributed by atoms with Crippen LogP contribution in [-0.2, 0) is 0 Å². The number of pyridine rings is 1. The van der Waals surface area contributed by atoms with Crippen LogP contribution in [0.2, 0.25) is 5.02 Å². The first kappa shape index (κ1) is 11.9. The van der Waals surface area contributed by atoms with E-state index in [9.17, 15) is 4.79 Å². The van der Waals surface area contributed by atoms with E-state index >= 15 is 0 Å². The predicted octanol–water partition coefficient (Wildman–Crippen LogP) is 2.74. The molecule has 3 rings (SSSR count). The average Bonchev–Trinajstić information content (AvgIpc) is 2.43. The fourth-order valence-corrected chi connectivity index (χ4v) is 2.17. The Morgan fingerprint density at radius 1 is 1.21 bits per heavy atom. The molecule has 2 heterocycles. The van der Waals surface area contributed by atoms with Crippen LogP contribution in [0.4, 0.5) is 0 Å². The molecule has 0 radical (unpaired) electrons. The van der Waals surface area contributed by atoms with Gasteiger partial charge >= 0.3 is 0 Å². The average molecular weight is 272 g/mol. The highest BCUT2D eigenvalue weighted by Gasteiger charge is 2.08. The number of rotatable bonds is 1. The third kappa shape index (κ3) is 2.00. The van der Waals surface area contributed by atoms with E-state index in [1.807, 2.05) is 25.1 Å². The van der Waals surface area contributed by atoms with Crippen molar-refractivity contribution in [3.63, 3.8) is 0 Å². The highest BCUT2D eigenvalue weighted by Crippen LogP contribution is 2.21. The predicted molar refractivity (Wildman–Crippen MR) is 74.9 cm³/mol. The molecular weight excluding hydrogens is 262 g/mol. The van der Waals surface area contributed by atoms with Crippen molar-refractivity contribution in [2.24, 2.45) is 0 Å². The van der Waals surface area contributed by atoms with E-state index in [4.69, 9.17) is 11.6 Å². The summed E-state index contributed by atoms with van der Waals surface area (Å²) < 4.78 is 1.78. The van der Waals surface area contributed by atoms with Crippen LogP contribution in [0.15, 0.2) is 47.7 Å². The molecule has 3 aromatic rings. The topological polar surface area (TPSA) is 47.8 Å². The zero-order valence-corrected chi connectivity index (χ0v) is 10.9. The molecule has 19 heavy (non-hydrogen) atoms. The first-order valence-electron chi connectivity index (χ1n) is 5.76.